The fourth-order valence-electron chi connectivity index (χ4n) is 6.81. The summed E-state index contributed by atoms with van der Waals surface area (Å²) >= 11 is 0.825. The van der Waals surface area contributed by atoms with Gasteiger partial charge in [0.15, 0.2) is 11.6 Å². The summed E-state index contributed by atoms with van der Waals surface area (Å²) in [6, 6.07) is 1.39. The number of nitrogens with one attached hydrogen (secondary N) is 2. The van der Waals surface area contributed by atoms with E-state index in [1.165, 1.54) is 0 Å². The second-order valence-electron chi connectivity index (χ2n) is 14.7. The highest BCUT2D eigenvalue weighted by atomic mass is 32.1. The molecule has 3 aromatic heterocycles. The maximum Gasteiger partial charge on any atom is 0.412 e. The van der Waals surface area contributed by atoms with Gasteiger partial charge in [0.2, 0.25) is 5.91 Å². The van der Waals surface area contributed by atoms with E-state index in [2.05, 4.69) is 25.5 Å². The zero-order valence-corrected chi connectivity index (χ0v) is 30.0. The Morgan fingerprint density at radius 3 is 2.61 bits per heavy atom. The van der Waals surface area contributed by atoms with E-state index in [4.69, 9.17) is 19.2 Å². The van der Waals surface area contributed by atoms with E-state index < -0.39 is 29.4 Å². The average Bonchev–Trinajstić information content (AvgIpc) is 3.32. The van der Waals surface area contributed by atoms with Crippen molar-refractivity contribution in [2.75, 3.05) is 51.5 Å². The number of rotatable bonds is 9. The predicted octanol–water partition coefficient (Wildman–Crippen LogP) is 5.80. The number of benzene rings is 1. The third kappa shape index (κ3) is 6.49. The Morgan fingerprint density at radius 1 is 1.22 bits per heavy atom. The lowest BCUT2D eigenvalue weighted by atomic mass is 9.93. The maximum absolute atomic E-state index is 17.3. The molecule has 13 nitrogen and oxygen atoms in total. The summed E-state index contributed by atoms with van der Waals surface area (Å²) in [4.78, 5) is 43.0. The number of fused-ring (bicyclic) bond motifs is 4. The van der Waals surface area contributed by atoms with Gasteiger partial charge in [0.1, 0.15) is 34.0 Å². The fourth-order valence-corrected chi connectivity index (χ4v) is 7.85. The van der Waals surface area contributed by atoms with Gasteiger partial charge in [-0.2, -0.15) is 15.2 Å². The van der Waals surface area contributed by atoms with Crippen LogP contribution >= 0.6 is 11.3 Å². The third-order valence-electron chi connectivity index (χ3n) is 9.26. The number of likely N-dealkylation sites (tertiary alicyclic amines) is 1. The van der Waals surface area contributed by atoms with Crippen molar-refractivity contribution in [3.63, 3.8) is 0 Å². The van der Waals surface area contributed by atoms with Gasteiger partial charge >= 0.3 is 12.1 Å². The number of carbonyl (C=O) groups is 2. The Balaban J connectivity index is 1.41. The highest BCUT2D eigenvalue weighted by Crippen LogP contribution is 2.48. The van der Waals surface area contributed by atoms with Gasteiger partial charge in [-0.3, -0.25) is 15.1 Å². The number of hydrogen-bond donors (Lipinski definition) is 2. The van der Waals surface area contributed by atoms with Crippen molar-refractivity contribution >= 4 is 55.1 Å². The van der Waals surface area contributed by atoms with Gasteiger partial charge in [-0.15, -0.1) is 11.3 Å². The van der Waals surface area contributed by atoms with Crippen molar-refractivity contribution < 1.29 is 32.6 Å². The van der Waals surface area contributed by atoms with Crippen LogP contribution in [0.5, 0.6) is 6.01 Å². The van der Waals surface area contributed by atoms with Crippen LogP contribution in [0, 0.1) is 28.4 Å². The lowest BCUT2D eigenvalue weighted by Crippen LogP contribution is -2.31. The molecule has 0 radical (unpaired) electrons. The number of carbonyl (C=O) groups excluding carboxylic acids is 2. The molecule has 16 heteroatoms. The molecular formula is C35H38F2N8O5S. The Bertz CT molecular complexity index is 2140. The normalized spacial score (nSPS) is 18.0. The van der Waals surface area contributed by atoms with Crippen molar-refractivity contribution in [2.24, 2.45) is 5.41 Å². The average molecular weight is 721 g/mol. The minimum absolute atomic E-state index is 0.00308. The number of aromatic nitrogens is 3. The van der Waals surface area contributed by atoms with Crippen LogP contribution in [0.3, 0.4) is 0 Å². The summed E-state index contributed by atoms with van der Waals surface area (Å²) in [5.74, 6) is -1.43. The van der Waals surface area contributed by atoms with Crippen molar-refractivity contribution in [3.05, 3.63) is 34.5 Å². The molecule has 1 saturated carbocycles. The number of nitrogens with zero attached hydrogens (tertiary/aromatic N) is 6. The summed E-state index contributed by atoms with van der Waals surface area (Å²) < 4.78 is 50.1. The van der Waals surface area contributed by atoms with Gasteiger partial charge in [0, 0.05) is 36.5 Å². The summed E-state index contributed by atoms with van der Waals surface area (Å²) in [7, 11) is 5.71. The molecule has 2 fully saturated rings. The quantitative estimate of drug-likeness (QED) is 0.216. The molecule has 0 spiro atoms. The Hall–Kier alpha value is -4.72. The van der Waals surface area contributed by atoms with E-state index in [1.807, 2.05) is 20.2 Å². The van der Waals surface area contributed by atoms with E-state index in [0.29, 0.717) is 36.1 Å². The molecule has 1 saturated heterocycles. The lowest BCUT2D eigenvalue weighted by Gasteiger charge is -2.21. The Morgan fingerprint density at radius 2 is 1.96 bits per heavy atom. The highest BCUT2D eigenvalue weighted by molar-refractivity contribution is 7.23. The minimum Gasteiger partial charge on any atom is -0.463 e. The fraction of sp³-hybridized carbons (Fsp3) is 0.486. The number of thiophene rings is 1. The van der Waals surface area contributed by atoms with Crippen molar-refractivity contribution in [2.45, 2.75) is 64.9 Å². The second kappa shape index (κ2) is 12.8. The number of halogens is 2. The number of nitriles is 1. The number of pyridine rings is 1. The molecule has 51 heavy (non-hydrogen) atoms. The van der Waals surface area contributed by atoms with Gasteiger partial charge in [-0.1, -0.05) is 0 Å². The van der Waals surface area contributed by atoms with E-state index in [0.717, 1.165) is 36.9 Å². The Kier molecular flexibility index (Phi) is 8.71. The monoisotopic (exact) mass is 720 g/mol. The molecule has 2 aliphatic heterocycles. The lowest BCUT2D eigenvalue weighted by molar-refractivity contribution is -0.127. The van der Waals surface area contributed by atoms with E-state index in [1.54, 1.807) is 32.7 Å². The molecule has 0 unspecified atom stereocenters. The Labute approximate surface area is 296 Å². The first kappa shape index (κ1) is 34.7. The molecule has 1 atom stereocenters. The molecule has 4 aromatic rings. The highest BCUT2D eigenvalue weighted by Gasteiger charge is 2.44. The van der Waals surface area contributed by atoms with Crippen LogP contribution in [0.25, 0.3) is 32.2 Å². The van der Waals surface area contributed by atoms with Crippen molar-refractivity contribution in [1.82, 2.24) is 24.8 Å². The van der Waals surface area contributed by atoms with E-state index in [-0.39, 0.29) is 73.8 Å². The largest absolute Gasteiger partial charge is 0.463 e. The van der Waals surface area contributed by atoms with Crippen LogP contribution in [0.1, 0.15) is 56.7 Å². The molecular weight excluding hydrogens is 682 g/mol. The zero-order valence-electron chi connectivity index (χ0n) is 29.2. The predicted molar refractivity (Wildman–Crippen MR) is 187 cm³/mol. The third-order valence-corrected chi connectivity index (χ3v) is 10.4. The number of likely N-dealkylation sites (N-methyl/N-ethyl adjacent to an activating group) is 1. The molecule has 268 valence electrons. The number of amides is 2. The molecule has 2 N–H and O–H groups in total. The van der Waals surface area contributed by atoms with Crippen molar-refractivity contribution in [1.29, 1.82) is 5.26 Å². The second-order valence-corrected chi connectivity index (χ2v) is 15.7. The molecule has 5 heterocycles. The topological polar surface area (TPSA) is 155 Å². The standard InChI is InChI=1S/C35H38F2N8O5S/c1-34(2,3)50-33(47)43-30-17(11-38)23-26(39-12-20(36)28(23)51-30)22-18-13-48-14-19(18)24-27(25(22)37)41-32(49-16-35(8-9-35)15-44(4)5)42-29(24)40-21-7-10-45(6)31(21)46/h12,21H,7-10,13-16H2,1-6H3,(H,43,47)(H,40,41,42)/t21-/m1/s1. The first-order chi connectivity index (χ1) is 24.2. The molecule has 1 aliphatic carbocycles. The maximum atomic E-state index is 17.3. The van der Waals surface area contributed by atoms with Crippen LogP contribution in [0.4, 0.5) is 24.4 Å². The van der Waals surface area contributed by atoms with Crippen LogP contribution in [0.2, 0.25) is 0 Å². The van der Waals surface area contributed by atoms with E-state index >= 15 is 8.78 Å². The molecule has 7 rings (SSSR count). The van der Waals surface area contributed by atoms with Gasteiger partial charge in [0.25, 0.3) is 0 Å². The number of ether oxygens (including phenoxy) is 3. The van der Waals surface area contributed by atoms with Crippen LogP contribution in [-0.2, 0) is 27.5 Å². The van der Waals surface area contributed by atoms with Gasteiger partial charge < -0.3 is 29.3 Å². The van der Waals surface area contributed by atoms with Gasteiger partial charge in [-0.05, 0) is 65.3 Å². The number of anilines is 2. The SMILES string of the molecule is CN(C)CC1(COc2nc(N[C@@H]3CCN(C)C3=O)c3c4c(c(-c5ncc(F)c6sc(NC(=O)OC(C)(C)C)c(C#N)c56)c(F)c3n2)COC4)CC1. The van der Waals surface area contributed by atoms with Crippen LogP contribution < -0.4 is 15.4 Å². The van der Waals surface area contributed by atoms with Gasteiger partial charge in [-0.25, -0.2) is 13.6 Å². The molecule has 3 aliphatic rings. The summed E-state index contributed by atoms with van der Waals surface area (Å²) in [5.41, 5.74) is -0.126. The number of hydrogen-bond acceptors (Lipinski definition) is 12. The summed E-state index contributed by atoms with van der Waals surface area (Å²) in [6.45, 7) is 6.80. The van der Waals surface area contributed by atoms with Crippen molar-refractivity contribution in [3.8, 4) is 23.3 Å². The van der Waals surface area contributed by atoms with Gasteiger partial charge in [0.05, 0.1) is 47.4 Å². The van der Waals surface area contributed by atoms with Crippen LogP contribution in [0.15, 0.2) is 6.20 Å². The molecule has 0 bridgehead atoms. The van der Waals surface area contributed by atoms with E-state index in [9.17, 15) is 14.9 Å². The first-order valence-corrected chi connectivity index (χ1v) is 17.4. The summed E-state index contributed by atoms with van der Waals surface area (Å²) in [5, 5.41) is 16.5. The summed E-state index contributed by atoms with van der Waals surface area (Å²) in [6.07, 6.45) is 2.59. The van der Waals surface area contributed by atoms with Crippen LogP contribution in [-0.4, -0.2) is 89.2 Å². The minimum atomic E-state index is -0.832. The smallest absolute Gasteiger partial charge is 0.412 e. The first-order valence-electron chi connectivity index (χ1n) is 16.6. The molecule has 1 aromatic carbocycles. The zero-order chi connectivity index (χ0) is 36.4. The molecule has 2 amide bonds.